The van der Waals surface area contributed by atoms with Crippen LogP contribution in [-0.4, -0.2) is 18.3 Å². The highest BCUT2D eigenvalue weighted by Gasteiger charge is 2.13. The van der Waals surface area contributed by atoms with Crippen molar-refractivity contribution < 1.29 is 0 Å². The zero-order valence-corrected chi connectivity index (χ0v) is 12.0. The lowest BCUT2D eigenvalue weighted by atomic mass is 10.0. The van der Waals surface area contributed by atoms with Crippen LogP contribution in [-0.2, 0) is 0 Å². The molecular weight excluding hydrogens is 273 g/mol. The molecule has 94 valence electrons. The molecule has 1 saturated heterocycles. The summed E-state index contributed by atoms with van der Waals surface area (Å²) in [6.45, 7) is 1.17. The van der Waals surface area contributed by atoms with Gasteiger partial charge >= 0.3 is 0 Å². The van der Waals surface area contributed by atoms with Crippen LogP contribution in [0.2, 0.25) is 10.0 Å². The van der Waals surface area contributed by atoms with E-state index in [1.54, 1.807) is 11.8 Å². The van der Waals surface area contributed by atoms with Crippen molar-refractivity contribution >= 4 is 35.0 Å². The number of benzene rings is 1. The Kier molecular flexibility index (Phi) is 5.49. The quantitative estimate of drug-likeness (QED) is 0.812. The summed E-state index contributed by atoms with van der Waals surface area (Å²) in [4.78, 5) is 1.02. The van der Waals surface area contributed by atoms with E-state index in [2.05, 4.69) is 5.32 Å². The Morgan fingerprint density at radius 3 is 2.65 bits per heavy atom. The van der Waals surface area contributed by atoms with Gasteiger partial charge in [-0.05, 0) is 43.7 Å². The van der Waals surface area contributed by atoms with E-state index in [1.165, 1.54) is 32.2 Å². The average Bonchev–Trinajstić information content (AvgIpc) is 2.34. The van der Waals surface area contributed by atoms with Crippen LogP contribution >= 0.6 is 35.0 Å². The fourth-order valence-corrected chi connectivity index (χ4v) is 3.84. The van der Waals surface area contributed by atoms with Crippen molar-refractivity contribution in [2.75, 3.05) is 12.3 Å². The van der Waals surface area contributed by atoms with Crippen molar-refractivity contribution in [2.24, 2.45) is 0 Å². The van der Waals surface area contributed by atoms with E-state index in [1.807, 2.05) is 18.2 Å². The molecule has 0 bridgehead atoms. The van der Waals surface area contributed by atoms with Gasteiger partial charge in [0, 0.05) is 10.9 Å². The van der Waals surface area contributed by atoms with Crippen LogP contribution in [0.4, 0.5) is 0 Å². The predicted octanol–water partition coefficient (Wildman–Crippen LogP) is 4.62. The standard InChI is InChI=1S/C13H17Cl2NS/c14-11-5-3-6-12(15)13(11)17-9-7-10-4-1-2-8-16-10/h3,5-6,10,16H,1-2,4,7-9H2/t10-/m1/s1. The molecule has 0 unspecified atom stereocenters. The molecule has 0 aromatic heterocycles. The van der Waals surface area contributed by atoms with E-state index >= 15 is 0 Å². The normalized spacial score (nSPS) is 20.5. The first-order valence-electron chi connectivity index (χ1n) is 6.07. The molecule has 1 fully saturated rings. The Bertz CT molecular complexity index is 344. The van der Waals surface area contributed by atoms with Crippen molar-refractivity contribution in [3.63, 3.8) is 0 Å². The van der Waals surface area contributed by atoms with Gasteiger partial charge in [-0.15, -0.1) is 11.8 Å². The van der Waals surface area contributed by atoms with E-state index in [0.29, 0.717) is 6.04 Å². The van der Waals surface area contributed by atoms with E-state index in [4.69, 9.17) is 23.2 Å². The number of nitrogens with one attached hydrogen (secondary N) is 1. The minimum atomic E-state index is 0.678. The first kappa shape index (κ1) is 13.5. The van der Waals surface area contributed by atoms with Crippen LogP contribution in [0.15, 0.2) is 23.1 Å². The maximum Gasteiger partial charge on any atom is 0.0556 e. The second-order valence-corrected chi connectivity index (χ2v) is 6.25. The highest BCUT2D eigenvalue weighted by Crippen LogP contribution is 2.34. The maximum absolute atomic E-state index is 6.13. The van der Waals surface area contributed by atoms with Gasteiger partial charge in [0.2, 0.25) is 0 Å². The van der Waals surface area contributed by atoms with Crippen LogP contribution in [0, 0.1) is 0 Å². The monoisotopic (exact) mass is 289 g/mol. The molecule has 4 heteroatoms. The van der Waals surface area contributed by atoms with Gasteiger partial charge in [-0.25, -0.2) is 0 Å². The van der Waals surface area contributed by atoms with Gasteiger partial charge in [-0.1, -0.05) is 35.7 Å². The molecule has 2 rings (SSSR count). The Morgan fingerprint density at radius 2 is 2.00 bits per heavy atom. The fourth-order valence-electron chi connectivity index (χ4n) is 2.09. The molecule has 1 atom stereocenters. The number of hydrogen-bond donors (Lipinski definition) is 1. The fraction of sp³-hybridized carbons (Fsp3) is 0.538. The van der Waals surface area contributed by atoms with Gasteiger partial charge < -0.3 is 5.32 Å². The van der Waals surface area contributed by atoms with Gasteiger partial charge in [0.05, 0.1) is 10.0 Å². The average molecular weight is 290 g/mol. The molecule has 1 aromatic carbocycles. The SMILES string of the molecule is Clc1cccc(Cl)c1SCC[C@H]1CCCCN1. The number of halogens is 2. The number of rotatable bonds is 4. The smallest absolute Gasteiger partial charge is 0.0556 e. The van der Waals surface area contributed by atoms with Crippen molar-refractivity contribution in [1.29, 1.82) is 0 Å². The summed E-state index contributed by atoms with van der Waals surface area (Å²) >= 11 is 14.0. The van der Waals surface area contributed by atoms with Crippen LogP contribution in [0.25, 0.3) is 0 Å². The molecule has 17 heavy (non-hydrogen) atoms. The Labute approximate surface area is 117 Å². The molecule has 0 radical (unpaired) electrons. The molecule has 1 aliphatic rings. The van der Waals surface area contributed by atoms with Crippen LogP contribution in [0.5, 0.6) is 0 Å². The van der Waals surface area contributed by atoms with Crippen molar-refractivity contribution in [2.45, 2.75) is 36.6 Å². The minimum Gasteiger partial charge on any atom is -0.314 e. The molecule has 0 spiro atoms. The lowest BCUT2D eigenvalue weighted by molar-refractivity contribution is 0.395. The number of piperidine rings is 1. The van der Waals surface area contributed by atoms with Gasteiger partial charge in [-0.2, -0.15) is 0 Å². The third-order valence-electron chi connectivity index (χ3n) is 3.04. The van der Waals surface area contributed by atoms with E-state index < -0.39 is 0 Å². The highest BCUT2D eigenvalue weighted by molar-refractivity contribution is 7.99. The second kappa shape index (κ2) is 6.89. The molecule has 1 N–H and O–H groups in total. The third-order valence-corrected chi connectivity index (χ3v) is 5.07. The Hall–Kier alpha value is 0.110. The lowest BCUT2D eigenvalue weighted by Crippen LogP contribution is -2.34. The first-order chi connectivity index (χ1) is 8.27. The molecule has 1 nitrogen and oxygen atoms in total. The zero-order valence-electron chi connectivity index (χ0n) is 9.72. The van der Waals surface area contributed by atoms with Gasteiger partial charge in [-0.3, -0.25) is 0 Å². The second-order valence-electron chi connectivity index (χ2n) is 4.33. The Balaban J connectivity index is 1.81. The van der Waals surface area contributed by atoms with Crippen molar-refractivity contribution in [3.8, 4) is 0 Å². The van der Waals surface area contributed by atoms with Crippen LogP contribution < -0.4 is 5.32 Å². The Morgan fingerprint density at radius 1 is 1.24 bits per heavy atom. The topological polar surface area (TPSA) is 12.0 Å². The molecule has 0 amide bonds. The van der Waals surface area contributed by atoms with Gasteiger partial charge in [0.1, 0.15) is 0 Å². The van der Waals surface area contributed by atoms with Crippen molar-refractivity contribution in [1.82, 2.24) is 5.32 Å². The largest absolute Gasteiger partial charge is 0.314 e. The summed E-state index contributed by atoms with van der Waals surface area (Å²) in [6.07, 6.45) is 5.16. The summed E-state index contributed by atoms with van der Waals surface area (Å²) in [7, 11) is 0. The molecule has 1 aliphatic heterocycles. The lowest BCUT2D eigenvalue weighted by Gasteiger charge is -2.23. The first-order valence-corrected chi connectivity index (χ1v) is 7.82. The molecule has 0 aliphatic carbocycles. The number of hydrogen-bond acceptors (Lipinski definition) is 2. The van der Waals surface area contributed by atoms with Crippen LogP contribution in [0.1, 0.15) is 25.7 Å². The van der Waals surface area contributed by atoms with Crippen LogP contribution in [0.3, 0.4) is 0 Å². The highest BCUT2D eigenvalue weighted by atomic mass is 35.5. The van der Waals surface area contributed by atoms with E-state index in [-0.39, 0.29) is 0 Å². The summed E-state index contributed by atoms with van der Waals surface area (Å²) in [5.41, 5.74) is 0. The third kappa shape index (κ3) is 4.06. The molecular formula is C13H17Cl2NS. The van der Waals surface area contributed by atoms with E-state index in [0.717, 1.165) is 20.7 Å². The molecule has 1 aromatic rings. The van der Waals surface area contributed by atoms with E-state index in [9.17, 15) is 0 Å². The summed E-state index contributed by atoms with van der Waals surface area (Å²) < 4.78 is 0. The maximum atomic E-state index is 6.13. The molecule has 1 heterocycles. The summed E-state index contributed by atoms with van der Waals surface area (Å²) in [6, 6.07) is 6.36. The summed E-state index contributed by atoms with van der Waals surface area (Å²) in [5, 5.41) is 5.08. The van der Waals surface area contributed by atoms with Crippen molar-refractivity contribution in [3.05, 3.63) is 28.2 Å². The van der Waals surface area contributed by atoms with Gasteiger partial charge in [0.25, 0.3) is 0 Å². The predicted molar refractivity (Wildman–Crippen MR) is 77.4 cm³/mol. The summed E-state index contributed by atoms with van der Waals surface area (Å²) in [5.74, 6) is 1.07. The minimum absolute atomic E-state index is 0.678. The number of thioether (sulfide) groups is 1. The van der Waals surface area contributed by atoms with Gasteiger partial charge in [0.15, 0.2) is 0 Å². The molecule has 0 saturated carbocycles. The zero-order chi connectivity index (χ0) is 12.1.